The molecule has 1 N–H and O–H groups in total. The first-order valence-electron chi connectivity index (χ1n) is 4.38. The molecule has 1 aliphatic heterocycles. The molecule has 66 valence electrons. The van der Waals surface area contributed by atoms with Gasteiger partial charge in [-0.1, -0.05) is 0 Å². The molecule has 0 saturated carbocycles. The second-order valence-corrected chi connectivity index (χ2v) is 3.30. The molecule has 0 aromatic carbocycles. The number of rotatable bonds is 0. The van der Waals surface area contributed by atoms with E-state index >= 15 is 0 Å². The van der Waals surface area contributed by atoms with Gasteiger partial charge < -0.3 is 5.32 Å². The van der Waals surface area contributed by atoms with E-state index in [0.717, 1.165) is 30.0 Å². The number of nitrogens with zero attached hydrogens (tertiary/aromatic N) is 2. The van der Waals surface area contributed by atoms with Crippen LogP contribution >= 0.6 is 0 Å². The van der Waals surface area contributed by atoms with Gasteiger partial charge in [0.05, 0.1) is 16.9 Å². The molecule has 0 radical (unpaired) electrons. The maximum atomic E-state index is 8.94. The van der Waals surface area contributed by atoms with Gasteiger partial charge in [-0.2, -0.15) is 5.26 Å². The van der Waals surface area contributed by atoms with Crippen LogP contribution in [0.2, 0.25) is 0 Å². The molecule has 1 aromatic heterocycles. The van der Waals surface area contributed by atoms with Gasteiger partial charge >= 0.3 is 0 Å². The lowest BCUT2D eigenvalue weighted by molar-refractivity contribution is 1.04. The number of pyridine rings is 1. The number of aromatic nitrogens is 1. The first-order chi connectivity index (χ1) is 6.24. The van der Waals surface area contributed by atoms with Gasteiger partial charge in [-0.15, -0.1) is 0 Å². The Kier molecular flexibility index (Phi) is 1.70. The van der Waals surface area contributed by atoms with Crippen molar-refractivity contribution in [1.82, 2.24) is 4.98 Å². The molecule has 0 saturated heterocycles. The van der Waals surface area contributed by atoms with Crippen LogP contribution in [0.1, 0.15) is 22.5 Å². The van der Waals surface area contributed by atoms with Crippen molar-refractivity contribution >= 4 is 5.69 Å². The summed E-state index contributed by atoms with van der Waals surface area (Å²) < 4.78 is 0. The number of nitrogens with one attached hydrogen (secondary N) is 1. The van der Waals surface area contributed by atoms with E-state index in [-0.39, 0.29) is 0 Å². The Bertz CT molecular complexity index is 402. The van der Waals surface area contributed by atoms with Crippen LogP contribution in [0.25, 0.3) is 0 Å². The van der Waals surface area contributed by atoms with Crippen molar-refractivity contribution in [2.45, 2.75) is 20.3 Å². The third-order valence-corrected chi connectivity index (χ3v) is 2.47. The zero-order valence-electron chi connectivity index (χ0n) is 7.81. The van der Waals surface area contributed by atoms with E-state index in [9.17, 15) is 0 Å². The van der Waals surface area contributed by atoms with Gasteiger partial charge in [0.25, 0.3) is 0 Å². The normalized spacial score (nSPS) is 13.3. The average molecular weight is 173 g/mol. The summed E-state index contributed by atoms with van der Waals surface area (Å²) in [6.45, 7) is 4.81. The van der Waals surface area contributed by atoms with Gasteiger partial charge in [0.2, 0.25) is 0 Å². The summed E-state index contributed by atoms with van der Waals surface area (Å²) >= 11 is 0. The average Bonchev–Trinajstić information content (AvgIpc) is 2.53. The minimum absolute atomic E-state index is 0.707. The molecule has 0 bridgehead atoms. The van der Waals surface area contributed by atoms with E-state index in [1.54, 1.807) is 0 Å². The minimum atomic E-state index is 0.707. The Labute approximate surface area is 77.4 Å². The van der Waals surface area contributed by atoms with Crippen molar-refractivity contribution in [1.29, 1.82) is 5.26 Å². The van der Waals surface area contributed by atoms with E-state index in [4.69, 9.17) is 5.26 Å². The van der Waals surface area contributed by atoms with E-state index < -0.39 is 0 Å². The minimum Gasteiger partial charge on any atom is -0.383 e. The summed E-state index contributed by atoms with van der Waals surface area (Å²) in [5, 5.41) is 12.2. The van der Waals surface area contributed by atoms with Crippen LogP contribution in [0.5, 0.6) is 0 Å². The van der Waals surface area contributed by atoms with E-state index in [1.807, 2.05) is 13.8 Å². The summed E-state index contributed by atoms with van der Waals surface area (Å²) in [6, 6.07) is 2.20. The van der Waals surface area contributed by atoms with E-state index in [1.165, 1.54) is 5.56 Å². The zero-order valence-corrected chi connectivity index (χ0v) is 7.81. The van der Waals surface area contributed by atoms with Gasteiger partial charge in [0.15, 0.2) is 0 Å². The molecule has 0 atom stereocenters. The molecule has 0 fully saturated rings. The lowest BCUT2D eigenvalue weighted by Gasteiger charge is -2.07. The molecule has 0 aliphatic carbocycles. The van der Waals surface area contributed by atoms with Crippen molar-refractivity contribution < 1.29 is 0 Å². The van der Waals surface area contributed by atoms with Crippen molar-refractivity contribution in [3.63, 3.8) is 0 Å². The second-order valence-electron chi connectivity index (χ2n) is 3.30. The highest BCUT2D eigenvalue weighted by molar-refractivity contribution is 5.67. The van der Waals surface area contributed by atoms with Crippen molar-refractivity contribution in [2.24, 2.45) is 0 Å². The Balaban J connectivity index is 2.74. The molecule has 2 rings (SSSR count). The lowest BCUT2D eigenvalue weighted by Crippen LogP contribution is -1.98. The van der Waals surface area contributed by atoms with E-state index in [2.05, 4.69) is 16.4 Å². The highest BCUT2D eigenvalue weighted by Crippen LogP contribution is 2.29. The van der Waals surface area contributed by atoms with E-state index in [0.29, 0.717) is 5.56 Å². The van der Waals surface area contributed by atoms with Crippen molar-refractivity contribution in [3.8, 4) is 6.07 Å². The molecule has 0 unspecified atom stereocenters. The van der Waals surface area contributed by atoms with Crippen LogP contribution in [-0.4, -0.2) is 11.5 Å². The highest BCUT2D eigenvalue weighted by Gasteiger charge is 2.19. The Morgan fingerprint density at radius 2 is 2.15 bits per heavy atom. The van der Waals surface area contributed by atoms with Crippen LogP contribution < -0.4 is 5.32 Å². The number of fused-ring (bicyclic) bond motifs is 1. The largest absolute Gasteiger partial charge is 0.383 e. The summed E-state index contributed by atoms with van der Waals surface area (Å²) in [7, 11) is 0. The molecule has 0 amide bonds. The van der Waals surface area contributed by atoms with Crippen LogP contribution in [0.3, 0.4) is 0 Å². The van der Waals surface area contributed by atoms with Crippen LogP contribution in [0.15, 0.2) is 0 Å². The van der Waals surface area contributed by atoms with Gasteiger partial charge in [0, 0.05) is 12.2 Å². The molecular weight excluding hydrogens is 162 g/mol. The Morgan fingerprint density at radius 3 is 2.85 bits per heavy atom. The molecule has 2 heterocycles. The molecule has 1 aromatic rings. The first-order valence-corrected chi connectivity index (χ1v) is 4.38. The van der Waals surface area contributed by atoms with Crippen molar-refractivity contribution in [2.75, 3.05) is 11.9 Å². The predicted octanol–water partition coefficient (Wildman–Crippen LogP) is 1.54. The SMILES string of the molecule is Cc1nc(C)c2c(c1C#N)NCC2. The molecular formula is C10H11N3. The number of hydrogen-bond acceptors (Lipinski definition) is 3. The molecule has 3 nitrogen and oxygen atoms in total. The standard InChI is InChI=1S/C10H11N3/c1-6-8-3-4-12-10(8)9(5-11)7(2)13-6/h12H,3-4H2,1-2H3. The smallest absolute Gasteiger partial charge is 0.103 e. The zero-order chi connectivity index (χ0) is 9.42. The quantitative estimate of drug-likeness (QED) is 0.647. The number of aryl methyl sites for hydroxylation is 2. The summed E-state index contributed by atoms with van der Waals surface area (Å²) in [6.07, 6.45) is 0.989. The predicted molar refractivity (Wildman–Crippen MR) is 50.6 cm³/mol. The second kappa shape index (κ2) is 2.74. The summed E-state index contributed by atoms with van der Waals surface area (Å²) in [5.74, 6) is 0. The summed E-state index contributed by atoms with van der Waals surface area (Å²) in [4.78, 5) is 4.35. The van der Waals surface area contributed by atoms with Crippen molar-refractivity contribution in [3.05, 3.63) is 22.5 Å². The molecule has 1 aliphatic rings. The fourth-order valence-electron chi connectivity index (χ4n) is 1.84. The van der Waals surface area contributed by atoms with Crippen LogP contribution in [-0.2, 0) is 6.42 Å². The van der Waals surface area contributed by atoms with Gasteiger partial charge in [-0.3, -0.25) is 4.98 Å². The Morgan fingerprint density at radius 1 is 1.38 bits per heavy atom. The fourth-order valence-corrected chi connectivity index (χ4v) is 1.84. The Hall–Kier alpha value is -1.56. The van der Waals surface area contributed by atoms with Crippen LogP contribution in [0.4, 0.5) is 5.69 Å². The van der Waals surface area contributed by atoms with Gasteiger partial charge in [-0.05, 0) is 25.8 Å². The van der Waals surface area contributed by atoms with Gasteiger partial charge in [-0.25, -0.2) is 0 Å². The third-order valence-electron chi connectivity index (χ3n) is 2.47. The number of hydrogen-bond donors (Lipinski definition) is 1. The molecule has 13 heavy (non-hydrogen) atoms. The topological polar surface area (TPSA) is 48.7 Å². The van der Waals surface area contributed by atoms with Gasteiger partial charge in [0.1, 0.15) is 6.07 Å². The number of nitriles is 1. The number of anilines is 1. The maximum absolute atomic E-state index is 8.94. The lowest BCUT2D eigenvalue weighted by atomic mass is 10.1. The third kappa shape index (κ3) is 1.06. The summed E-state index contributed by atoms with van der Waals surface area (Å²) in [5.41, 5.74) is 4.80. The maximum Gasteiger partial charge on any atom is 0.103 e. The molecule has 0 spiro atoms. The fraction of sp³-hybridized carbons (Fsp3) is 0.400. The molecule has 3 heteroatoms. The highest BCUT2D eigenvalue weighted by atomic mass is 14.9. The van der Waals surface area contributed by atoms with Crippen LogP contribution in [0, 0.1) is 25.2 Å². The first kappa shape index (κ1) is 8.06. The monoisotopic (exact) mass is 173 g/mol.